The van der Waals surface area contributed by atoms with Gasteiger partial charge in [-0.1, -0.05) is 56.0 Å². The van der Waals surface area contributed by atoms with Gasteiger partial charge in [0.25, 0.3) is 0 Å². The molecule has 75 heavy (non-hydrogen) atoms. The van der Waals surface area contributed by atoms with Gasteiger partial charge in [0.15, 0.2) is 0 Å². The van der Waals surface area contributed by atoms with Gasteiger partial charge in [0, 0.05) is 124 Å². The molecular weight excluding hydrogens is 973 g/mol. The van der Waals surface area contributed by atoms with Crippen LogP contribution >= 0.6 is 0 Å². The molecule has 0 unspecified atom stereocenters. The van der Waals surface area contributed by atoms with Crippen LogP contribution in [0, 0.1) is 0 Å². The number of carbonyl (C=O) groups excluding carboxylic acids is 7. The summed E-state index contributed by atoms with van der Waals surface area (Å²) >= 11 is 0. The minimum atomic E-state index is -0.962. The third-order valence-electron chi connectivity index (χ3n) is 9.87. The summed E-state index contributed by atoms with van der Waals surface area (Å²) in [4.78, 5) is 105. The summed E-state index contributed by atoms with van der Waals surface area (Å²) in [7, 11) is 0. The first-order valence-electron chi connectivity index (χ1n) is 24.5. The van der Waals surface area contributed by atoms with Crippen LogP contribution in [0.15, 0.2) is 101 Å². The number of amides is 4. The minimum absolute atomic E-state index is 0. The molecule has 0 rings (SSSR count). The standard InChI is InChI=1S/C36H54N4O9.C10H15NO3.C7H17NO3.CH4/c1-7-19-38(20-8-2)31(41)13-16-34(44)47-28-25-37(26-29-48-35(45)17-14-32(42)39(21-9-3)22-10-4)27-30-49-36(46)18-15-33(43)40(23-11-5)24-12-6;1-3-7-11(8-4-2)9(12)5-6-10(13)14;9-5-1-2-8(3-6-10)4-7-11;/h7-12H,1-6,13-30H2;3-4H,1-2,5-8H2,(H,13,14);9-11H,1-7H2;1H4. The van der Waals surface area contributed by atoms with E-state index >= 15 is 0 Å². The lowest BCUT2D eigenvalue weighted by atomic mass is 10.2. The molecule has 21 heteroatoms. The molecule has 0 aliphatic carbocycles. The first-order chi connectivity index (χ1) is 35.5. The van der Waals surface area contributed by atoms with Crippen molar-refractivity contribution in [2.24, 2.45) is 0 Å². The molecule has 0 aromatic rings. The Hall–Kier alpha value is -6.52. The van der Waals surface area contributed by atoms with Crippen molar-refractivity contribution < 1.29 is 73.0 Å². The van der Waals surface area contributed by atoms with E-state index in [1.807, 2.05) is 4.90 Å². The van der Waals surface area contributed by atoms with Gasteiger partial charge in [-0.15, -0.1) is 52.6 Å². The normalized spacial score (nSPS) is 9.99. The number of aliphatic hydroxyl groups is 3. The highest BCUT2D eigenvalue weighted by Gasteiger charge is 2.18. The van der Waals surface area contributed by atoms with Gasteiger partial charge in [-0.3, -0.25) is 48.2 Å². The number of aliphatic hydroxyl groups excluding tert-OH is 3. The van der Waals surface area contributed by atoms with Crippen molar-refractivity contribution >= 4 is 47.5 Å². The Labute approximate surface area is 446 Å². The van der Waals surface area contributed by atoms with Crippen molar-refractivity contribution in [1.82, 2.24) is 29.4 Å². The van der Waals surface area contributed by atoms with Crippen molar-refractivity contribution in [3.8, 4) is 0 Å². The number of aliphatic carboxylic acids is 1. The zero-order valence-corrected chi connectivity index (χ0v) is 43.7. The van der Waals surface area contributed by atoms with Crippen LogP contribution in [0.5, 0.6) is 0 Å². The zero-order valence-electron chi connectivity index (χ0n) is 43.7. The highest BCUT2D eigenvalue weighted by Crippen LogP contribution is 2.05. The fraction of sp³-hybridized carbons (Fsp3) is 0.556. The Morgan fingerprint density at radius 3 is 0.800 bits per heavy atom. The second kappa shape index (κ2) is 52.3. The number of rotatable bonds is 44. The Kier molecular flexibility index (Phi) is 52.3. The molecule has 0 radical (unpaired) electrons. The van der Waals surface area contributed by atoms with Crippen molar-refractivity contribution in [3.05, 3.63) is 101 Å². The second-order valence-electron chi connectivity index (χ2n) is 15.8. The Morgan fingerprint density at radius 2 is 0.587 bits per heavy atom. The number of esters is 3. The molecule has 0 saturated carbocycles. The van der Waals surface area contributed by atoms with Crippen LogP contribution in [0.25, 0.3) is 0 Å². The van der Waals surface area contributed by atoms with Gasteiger partial charge in [-0.2, -0.15) is 0 Å². The van der Waals surface area contributed by atoms with Crippen molar-refractivity contribution in [2.45, 2.75) is 65.2 Å². The Balaban J connectivity index is -0.000000787. The summed E-state index contributed by atoms with van der Waals surface area (Å²) in [5, 5.41) is 34.0. The molecule has 0 fully saturated rings. The van der Waals surface area contributed by atoms with E-state index < -0.39 is 23.9 Å². The minimum Gasteiger partial charge on any atom is -0.481 e. The molecule has 0 saturated heterocycles. The molecule has 21 nitrogen and oxygen atoms in total. The third-order valence-corrected chi connectivity index (χ3v) is 9.87. The van der Waals surface area contributed by atoms with Gasteiger partial charge in [0.2, 0.25) is 23.6 Å². The molecule has 0 aliphatic heterocycles. The van der Waals surface area contributed by atoms with Gasteiger partial charge in [0.1, 0.15) is 19.8 Å². The average molecular weight is 1060 g/mol. The van der Waals surface area contributed by atoms with Gasteiger partial charge < -0.3 is 54.2 Å². The van der Waals surface area contributed by atoms with Crippen LogP contribution in [-0.2, 0) is 52.6 Å². The summed E-state index contributed by atoms with van der Waals surface area (Å²) in [6.07, 6.45) is 12.9. The molecule has 0 atom stereocenters. The van der Waals surface area contributed by atoms with Gasteiger partial charge in [-0.25, -0.2) is 0 Å². The maximum atomic E-state index is 12.4. The summed E-state index contributed by atoms with van der Waals surface area (Å²) < 4.78 is 15.9. The molecule has 0 aromatic heterocycles. The van der Waals surface area contributed by atoms with Crippen LogP contribution in [0.2, 0.25) is 0 Å². The smallest absolute Gasteiger partial charge is 0.306 e. The highest BCUT2D eigenvalue weighted by atomic mass is 16.5. The van der Waals surface area contributed by atoms with E-state index in [2.05, 4.69) is 52.6 Å². The number of hydrogen-bond donors (Lipinski definition) is 4. The first-order valence-corrected chi connectivity index (χ1v) is 24.5. The quantitative estimate of drug-likeness (QED) is 0.0388. The lowest BCUT2D eigenvalue weighted by Crippen LogP contribution is -2.35. The molecule has 0 aromatic carbocycles. The van der Waals surface area contributed by atoms with Crippen LogP contribution in [-0.4, -0.2) is 229 Å². The highest BCUT2D eigenvalue weighted by molar-refractivity contribution is 5.83. The van der Waals surface area contributed by atoms with Crippen molar-refractivity contribution in [3.63, 3.8) is 0 Å². The average Bonchev–Trinajstić information content (AvgIpc) is 3.37. The van der Waals surface area contributed by atoms with Crippen LogP contribution in [0.3, 0.4) is 0 Å². The van der Waals surface area contributed by atoms with E-state index in [9.17, 15) is 38.4 Å². The molecule has 4 N–H and O–H groups in total. The molecule has 0 heterocycles. The van der Waals surface area contributed by atoms with E-state index in [1.54, 1.807) is 53.5 Å². The van der Waals surface area contributed by atoms with Crippen molar-refractivity contribution in [2.75, 3.05) is 131 Å². The monoisotopic (exact) mass is 1060 g/mol. The van der Waals surface area contributed by atoms with Crippen LogP contribution in [0.1, 0.15) is 65.2 Å². The maximum Gasteiger partial charge on any atom is 0.306 e. The predicted molar refractivity (Wildman–Crippen MR) is 291 cm³/mol. The fourth-order valence-corrected chi connectivity index (χ4v) is 6.16. The largest absolute Gasteiger partial charge is 0.481 e. The van der Waals surface area contributed by atoms with Crippen LogP contribution in [0.4, 0.5) is 0 Å². The summed E-state index contributed by atoms with van der Waals surface area (Å²) in [6.45, 7) is 34.5. The second-order valence-corrected chi connectivity index (χ2v) is 15.8. The topological polar surface area (TPSA) is 265 Å². The van der Waals surface area contributed by atoms with Crippen molar-refractivity contribution in [1.29, 1.82) is 0 Å². The van der Waals surface area contributed by atoms with Gasteiger partial charge in [-0.05, 0) is 6.42 Å². The number of carboxylic acids is 1. The number of nitrogens with zero attached hydrogens (tertiary/aromatic N) is 6. The molecule has 426 valence electrons. The third kappa shape index (κ3) is 43.6. The SMILES string of the molecule is C.C=CCN(CC=C)C(=O)CCC(=O)O.C=CCN(CC=C)C(=O)CCC(=O)OCCN(CCOC(=O)CCC(=O)N(CC=C)CC=C)CCOC(=O)CCC(=O)N(CC=C)CC=C.OCCCN(CCO)CCO. The molecule has 0 aliphatic rings. The predicted octanol–water partition coefficient (Wildman–Crippen LogP) is 3.20. The summed E-state index contributed by atoms with van der Waals surface area (Å²) in [5.41, 5.74) is 0. The first kappa shape index (κ1) is 75.0. The van der Waals surface area contributed by atoms with E-state index in [4.69, 9.17) is 34.6 Å². The fourth-order valence-electron chi connectivity index (χ4n) is 6.16. The number of carboxylic acid groups (broad SMARTS) is 1. The Morgan fingerprint density at radius 1 is 0.347 bits per heavy atom. The summed E-state index contributed by atoms with van der Waals surface area (Å²) in [6, 6.07) is 0. The van der Waals surface area contributed by atoms with E-state index in [1.165, 1.54) is 19.6 Å². The lowest BCUT2D eigenvalue weighted by Gasteiger charge is -2.22. The van der Waals surface area contributed by atoms with Gasteiger partial charge in [0.05, 0.1) is 38.9 Å². The van der Waals surface area contributed by atoms with E-state index in [0.717, 1.165) is 6.54 Å². The molecule has 0 bridgehead atoms. The number of hydrogen-bond acceptors (Lipinski definition) is 16. The number of ether oxygens (including phenoxy) is 3. The molecule has 4 amide bonds. The zero-order chi connectivity index (χ0) is 56.4. The van der Waals surface area contributed by atoms with E-state index in [0.29, 0.717) is 71.9 Å². The number of carbonyl (C=O) groups is 8. The summed E-state index contributed by atoms with van der Waals surface area (Å²) in [5.74, 6) is -3.50. The van der Waals surface area contributed by atoms with Crippen LogP contribution < -0.4 is 0 Å². The maximum absolute atomic E-state index is 12.4. The molecule has 0 spiro atoms. The van der Waals surface area contributed by atoms with E-state index in [-0.39, 0.29) is 142 Å². The molecular formula is C54H90N6O15. The Bertz CT molecular complexity index is 1540. The van der Waals surface area contributed by atoms with Gasteiger partial charge >= 0.3 is 23.9 Å². The lowest BCUT2D eigenvalue weighted by molar-refractivity contribution is -0.148.